The summed E-state index contributed by atoms with van der Waals surface area (Å²) < 4.78 is 12.6. The molecule has 24 heavy (non-hydrogen) atoms. The van der Waals surface area contributed by atoms with Crippen LogP contribution in [0.5, 0.6) is 5.75 Å². The van der Waals surface area contributed by atoms with E-state index < -0.39 is 0 Å². The van der Waals surface area contributed by atoms with Gasteiger partial charge in [-0.05, 0) is 31.0 Å². The summed E-state index contributed by atoms with van der Waals surface area (Å²) >= 11 is 0. The van der Waals surface area contributed by atoms with Gasteiger partial charge in [0.1, 0.15) is 11.8 Å². The fraction of sp³-hybridized carbons (Fsp3) is 0.263. The number of aromatic nitrogens is 1. The number of benzene rings is 1. The zero-order valence-corrected chi connectivity index (χ0v) is 13.7. The Morgan fingerprint density at radius 1 is 1.25 bits per heavy atom. The van der Waals surface area contributed by atoms with E-state index in [9.17, 15) is 4.79 Å². The van der Waals surface area contributed by atoms with Crippen molar-refractivity contribution in [1.29, 1.82) is 5.26 Å². The highest BCUT2D eigenvalue weighted by Gasteiger charge is 2.21. The van der Waals surface area contributed by atoms with Crippen molar-refractivity contribution in [2.45, 2.75) is 20.3 Å². The summed E-state index contributed by atoms with van der Waals surface area (Å²) in [5.41, 5.74) is 3.44. The number of para-hydroxylation sites is 1. The Morgan fingerprint density at radius 2 is 2.08 bits per heavy atom. The molecule has 0 spiro atoms. The number of hydrogen-bond acceptors (Lipinski definition) is 4. The molecule has 0 N–H and O–H groups in total. The van der Waals surface area contributed by atoms with Crippen LogP contribution in [0, 0.1) is 11.3 Å². The lowest BCUT2D eigenvalue weighted by atomic mass is 10.1. The third kappa shape index (κ3) is 2.56. The average Bonchev–Trinajstić information content (AvgIpc) is 2.94. The van der Waals surface area contributed by atoms with Crippen molar-refractivity contribution >= 4 is 22.4 Å². The van der Waals surface area contributed by atoms with Gasteiger partial charge in [-0.2, -0.15) is 5.26 Å². The number of nitrogens with zero attached hydrogens (tertiary/aromatic N) is 2. The van der Waals surface area contributed by atoms with Crippen molar-refractivity contribution < 1.29 is 14.3 Å². The highest BCUT2D eigenvalue weighted by Crippen LogP contribution is 2.31. The quantitative estimate of drug-likeness (QED) is 0.671. The summed E-state index contributed by atoms with van der Waals surface area (Å²) in [6.07, 6.45) is 2.66. The minimum atomic E-state index is -0.330. The minimum Gasteiger partial charge on any atom is -0.477 e. The molecule has 3 aromatic rings. The highest BCUT2D eigenvalue weighted by atomic mass is 16.5. The summed E-state index contributed by atoms with van der Waals surface area (Å²) in [6.45, 7) is 4.18. The third-order valence-electron chi connectivity index (χ3n) is 3.97. The molecule has 0 aliphatic carbocycles. The Kier molecular flexibility index (Phi) is 4.39. The molecule has 122 valence electrons. The molecule has 0 aliphatic rings. The summed E-state index contributed by atoms with van der Waals surface area (Å²) in [7, 11) is 0. The van der Waals surface area contributed by atoms with Crippen LogP contribution >= 0.6 is 0 Å². The van der Waals surface area contributed by atoms with Crippen LogP contribution in [0.3, 0.4) is 0 Å². The SMILES string of the molecule is CCOC(=O)c1c2cccc(CC)c2n2cc(OCC#N)ccc12. The van der Waals surface area contributed by atoms with Gasteiger partial charge >= 0.3 is 5.97 Å². The molecule has 3 rings (SSSR count). The first-order valence-electron chi connectivity index (χ1n) is 7.93. The van der Waals surface area contributed by atoms with Crippen LogP contribution in [-0.2, 0) is 11.2 Å². The topological polar surface area (TPSA) is 63.7 Å². The van der Waals surface area contributed by atoms with E-state index in [0.29, 0.717) is 17.9 Å². The van der Waals surface area contributed by atoms with Gasteiger partial charge in [0.25, 0.3) is 0 Å². The zero-order chi connectivity index (χ0) is 17.1. The van der Waals surface area contributed by atoms with Crippen molar-refractivity contribution in [3.63, 3.8) is 0 Å². The van der Waals surface area contributed by atoms with Crippen LogP contribution in [0.15, 0.2) is 36.5 Å². The number of esters is 1. The van der Waals surface area contributed by atoms with Crippen LogP contribution in [0.4, 0.5) is 0 Å². The van der Waals surface area contributed by atoms with Crippen LogP contribution in [-0.4, -0.2) is 23.6 Å². The van der Waals surface area contributed by atoms with Crippen molar-refractivity contribution in [1.82, 2.24) is 4.40 Å². The molecular weight excluding hydrogens is 304 g/mol. The van der Waals surface area contributed by atoms with Gasteiger partial charge in [-0.1, -0.05) is 25.1 Å². The second kappa shape index (κ2) is 6.63. The second-order valence-corrected chi connectivity index (χ2v) is 5.33. The maximum atomic E-state index is 12.5. The predicted molar refractivity (Wildman–Crippen MR) is 91.3 cm³/mol. The molecule has 5 nitrogen and oxygen atoms in total. The number of hydrogen-bond donors (Lipinski definition) is 0. The molecule has 0 unspecified atom stereocenters. The van der Waals surface area contributed by atoms with E-state index in [4.69, 9.17) is 14.7 Å². The van der Waals surface area contributed by atoms with E-state index in [0.717, 1.165) is 28.4 Å². The monoisotopic (exact) mass is 322 g/mol. The Bertz CT molecular complexity index is 951. The molecule has 0 radical (unpaired) electrons. The third-order valence-corrected chi connectivity index (χ3v) is 3.97. The lowest BCUT2D eigenvalue weighted by molar-refractivity contribution is 0.0531. The number of pyridine rings is 1. The molecule has 0 amide bonds. The molecule has 0 saturated heterocycles. The van der Waals surface area contributed by atoms with Crippen LogP contribution < -0.4 is 4.74 Å². The predicted octanol–water partition coefficient (Wildman–Crippen LogP) is 3.73. The summed E-state index contributed by atoms with van der Waals surface area (Å²) in [6, 6.07) is 11.5. The second-order valence-electron chi connectivity index (χ2n) is 5.33. The first kappa shape index (κ1) is 15.9. The van der Waals surface area contributed by atoms with Gasteiger partial charge in [0.2, 0.25) is 0 Å². The van der Waals surface area contributed by atoms with Crippen LogP contribution in [0.1, 0.15) is 29.8 Å². The van der Waals surface area contributed by atoms with E-state index >= 15 is 0 Å². The smallest absolute Gasteiger partial charge is 0.340 e. The maximum absolute atomic E-state index is 12.5. The standard InChI is InChI=1S/C19H18N2O3/c1-3-13-6-5-7-15-17(19(22)23-4-2)16-9-8-14(24-11-10-20)12-21(16)18(13)15/h5-9,12H,3-4,11H2,1-2H3. The maximum Gasteiger partial charge on any atom is 0.340 e. The van der Waals surface area contributed by atoms with Gasteiger partial charge < -0.3 is 13.9 Å². The fourth-order valence-corrected chi connectivity index (χ4v) is 2.99. The van der Waals surface area contributed by atoms with Crippen molar-refractivity contribution in [2.75, 3.05) is 13.2 Å². The molecular formula is C19H18N2O3. The molecule has 5 heteroatoms. The van der Waals surface area contributed by atoms with Crippen molar-refractivity contribution in [2.24, 2.45) is 0 Å². The molecule has 0 saturated carbocycles. The number of aryl methyl sites for hydroxylation is 1. The highest BCUT2D eigenvalue weighted by molar-refractivity contribution is 6.12. The van der Waals surface area contributed by atoms with Gasteiger partial charge in [0, 0.05) is 5.39 Å². The van der Waals surface area contributed by atoms with Crippen LogP contribution in [0.25, 0.3) is 16.4 Å². The van der Waals surface area contributed by atoms with E-state index in [2.05, 4.69) is 6.92 Å². The largest absolute Gasteiger partial charge is 0.477 e. The Morgan fingerprint density at radius 3 is 2.79 bits per heavy atom. The van der Waals surface area contributed by atoms with Crippen LogP contribution in [0.2, 0.25) is 0 Å². The summed E-state index contributed by atoms with van der Waals surface area (Å²) in [4.78, 5) is 12.5. The van der Waals surface area contributed by atoms with E-state index in [1.165, 1.54) is 0 Å². The molecule has 0 aliphatic heterocycles. The summed E-state index contributed by atoms with van der Waals surface area (Å²) in [5.74, 6) is 0.256. The Balaban J connectivity index is 2.33. The average molecular weight is 322 g/mol. The van der Waals surface area contributed by atoms with Crippen molar-refractivity contribution in [3.8, 4) is 11.8 Å². The van der Waals surface area contributed by atoms with Crippen molar-refractivity contribution in [3.05, 3.63) is 47.7 Å². The van der Waals surface area contributed by atoms with E-state index in [1.807, 2.05) is 40.9 Å². The van der Waals surface area contributed by atoms with Gasteiger partial charge in [-0.25, -0.2) is 4.79 Å². The van der Waals surface area contributed by atoms with Gasteiger partial charge in [0.05, 0.1) is 29.4 Å². The number of carbonyl (C=O) groups is 1. The lowest BCUT2D eigenvalue weighted by Crippen LogP contribution is -2.04. The first-order valence-corrected chi connectivity index (χ1v) is 7.93. The molecule has 0 fully saturated rings. The van der Waals surface area contributed by atoms with E-state index in [-0.39, 0.29) is 12.6 Å². The lowest BCUT2D eigenvalue weighted by Gasteiger charge is -2.06. The number of ether oxygens (including phenoxy) is 2. The number of nitriles is 1. The minimum absolute atomic E-state index is 0.0178. The normalized spacial score (nSPS) is 10.7. The van der Waals surface area contributed by atoms with E-state index in [1.54, 1.807) is 13.0 Å². The number of carbonyl (C=O) groups excluding carboxylic acids is 1. The number of fused-ring (bicyclic) bond motifs is 3. The Hall–Kier alpha value is -3.00. The molecule has 2 heterocycles. The fourth-order valence-electron chi connectivity index (χ4n) is 2.99. The summed E-state index contributed by atoms with van der Waals surface area (Å²) in [5, 5.41) is 9.55. The zero-order valence-electron chi connectivity index (χ0n) is 13.7. The van der Waals surface area contributed by atoms with Gasteiger partial charge in [-0.15, -0.1) is 0 Å². The molecule has 1 aromatic carbocycles. The first-order chi connectivity index (χ1) is 11.7. The Labute approximate surface area is 140 Å². The molecule has 2 aromatic heterocycles. The van der Waals surface area contributed by atoms with Gasteiger partial charge in [-0.3, -0.25) is 0 Å². The molecule has 0 bridgehead atoms. The number of rotatable bonds is 5. The molecule has 0 atom stereocenters. The van der Waals surface area contributed by atoms with Gasteiger partial charge in [0.15, 0.2) is 6.61 Å².